The molecule has 0 fully saturated rings. The third kappa shape index (κ3) is 3.27. The third-order valence-electron chi connectivity index (χ3n) is 3.25. The molecule has 3 rings (SSSR count). The number of alkyl halides is 3. The Kier molecular flexibility index (Phi) is 4.10. The number of halogens is 3. The molecule has 2 aromatic heterocycles. The zero-order chi connectivity index (χ0) is 18.2. The van der Waals surface area contributed by atoms with Crippen LogP contribution in [0.15, 0.2) is 30.5 Å². The van der Waals surface area contributed by atoms with E-state index in [1.807, 2.05) is 6.07 Å². The van der Waals surface area contributed by atoms with E-state index in [1.54, 1.807) is 0 Å². The average Bonchev–Trinajstić information content (AvgIpc) is 2.97. The molecule has 0 amide bonds. The summed E-state index contributed by atoms with van der Waals surface area (Å²) in [5, 5.41) is 18.5. The van der Waals surface area contributed by atoms with Gasteiger partial charge in [-0.2, -0.15) is 18.4 Å². The molecule has 1 unspecified atom stereocenters. The number of carboxylic acid groups (broad SMARTS) is 1. The molecular weight excluding hydrogens is 357 g/mol. The number of benzene rings is 1. The molecule has 1 aromatic carbocycles. The molecule has 0 aliphatic carbocycles. The van der Waals surface area contributed by atoms with E-state index in [0.717, 1.165) is 23.6 Å². The molecule has 126 valence electrons. The summed E-state index contributed by atoms with van der Waals surface area (Å²) in [6.07, 6.45) is -3.72. The van der Waals surface area contributed by atoms with E-state index >= 15 is 0 Å². The second-order valence-corrected chi connectivity index (χ2v) is 5.96. The van der Waals surface area contributed by atoms with Crippen LogP contribution in [0.25, 0.3) is 10.2 Å². The Hall–Kier alpha value is -3.06. The number of nitrogens with zero attached hydrogens (tertiary/aromatic N) is 4. The van der Waals surface area contributed by atoms with E-state index in [-0.39, 0.29) is 16.4 Å². The number of rotatable bonds is 3. The van der Waals surface area contributed by atoms with Gasteiger partial charge in [0, 0.05) is 6.20 Å². The number of nitriles is 1. The van der Waals surface area contributed by atoms with Crippen LogP contribution in [-0.2, 0) is 6.18 Å². The summed E-state index contributed by atoms with van der Waals surface area (Å²) in [5.41, 5.74) is -0.657. The highest BCUT2D eigenvalue weighted by Crippen LogP contribution is 2.32. The fraction of sp³-hybridized carbons (Fsp3) is 0.133. The Labute approximate surface area is 142 Å². The van der Waals surface area contributed by atoms with Crippen molar-refractivity contribution in [3.05, 3.63) is 52.6 Å². The number of fused-ring (bicyclic) bond motifs is 1. The van der Waals surface area contributed by atoms with E-state index in [1.165, 1.54) is 18.2 Å². The van der Waals surface area contributed by atoms with Gasteiger partial charge in [0.15, 0.2) is 11.7 Å². The van der Waals surface area contributed by atoms with Gasteiger partial charge in [-0.3, -0.25) is 0 Å². The standard InChI is InChI=1S/C15H7F3N4O2S/c16-15(17,18)11-3-4-20-12(22-11)8(6-19)13-21-9-2-1-7(14(23)24)5-10(9)25-13/h1-5,8H,(H,23,24). The zero-order valence-corrected chi connectivity index (χ0v) is 13.0. The van der Waals surface area contributed by atoms with E-state index in [9.17, 15) is 23.2 Å². The molecule has 6 nitrogen and oxygen atoms in total. The van der Waals surface area contributed by atoms with Crippen LogP contribution >= 0.6 is 11.3 Å². The Bertz CT molecular complexity index is 1010. The molecule has 10 heteroatoms. The average molecular weight is 364 g/mol. The summed E-state index contributed by atoms with van der Waals surface area (Å²) in [7, 11) is 0. The molecule has 0 aliphatic rings. The van der Waals surface area contributed by atoms with Gasteiger partial charge in [0.25, 0.3) is 0 Å². The van der Waals surface area contributed by atoms with Crippen LogP contribution in [0.5, 0.6) is 0 Å². The van der Waals surface area contributed by atoms with Crippen LogP contribution in [0.3, 0.4) is 0 Å². The Morgan fingerprint density at radius 1 is 1.28 bits per heavy atom. The van der Waals surface area contributed by atoms with E-state index in [4.69, 9.17) is 5.11 Å². The van der Waals surface area contributed by atoms with Gasteiger partial charge in [-0.05, 0) is 24.3 Å². The fourth-order valence-corrected chi connectivity index (χ4v) is 3.14. The van der Waals surface area contributed by atoms with Crippen molar-refractivity contribution in [1.29, 1.82) is 5.26 Å². The molecule has 0 saturated carbocycles. The maximum atomic E-state index is 12.8. The highest BCUT2D eigenvalue weighted by atomic mass is 32.1. The lowest BCUT2D eigenvalue weighted by Crippen LogP contribution is -2.12. The van der Waals surface area contributed by atoms with Gasteiger partial charge in [-0.15, -0.1) is 11.3 Å². The summed E-state index contributed by atoms with van der Waals surface area (Å²) in [5.74, 6) is -2.61. The first-order chi connectivity index (χ1) is 11.8. The van der Waals surface area contributed by atoms with Crippen LogP contribution in [0.1, 0.15) is 32.8 Å². The first kappa shape index (κ1) is 16.8. The van der Waals surface area contributed by atoms with Crippen LogP contribution < -0.4 is 0 Å². The molecule has 1 atom stereocenters. The van der Waals surface area contributed by atoms with E-state index in [2.05, 4.69) is 15.0 Å². The van der Waals surface area contributed by atoms with Gasteiger partial charge in [-0.1, -0.05) is 0 Å². The SMILES string of the molecule is N#CC(c1nccc(C(F)(F)F)n1)c1nc2ccc(C(=O)O)cc2s1. The number of carbonyl (C=O) groups is 1. The smallest absolute Gasteiger partial charge is 0.433 e. The number of hydrogen-bond donors (Lipinski definition) is 1. The quantitative estimate of drug-likeness (QED) is 0.764. The zero-order valence-electron chi connectivity index (χ0n) is 12.2. The topological polar surface area (TPSA) is 99.8 Å². The summed E-state index contributed by atoms with van der Waals surface area (Å²) in [6.45, 7) is 0. The number of carboxylic acids is 1. The largest absolute Gasteiger partial charge is 0.478 e. The minimum absolute atomic E-state index is 0.0477. The molecule has 0 aliphatic heterocycles. The van der Waals surface area contributed by atoms with Gasteiger partial charge in [0.2, 0.25) is 0 Å². The summed E-state index contributed by atoms with van der Waals surface area (Å²) < 4.78 is 38.9. The van der Waals surface area contributed by atoms with Crippen molar-refractivity contribution in [3.8, 4) is 6.07 Å². The number of aromatic nitrogens is 3. The number of thiazole rings is 1. The fourth-order valence-electron chi connectivity index (χ4n) is 2.09. The van der Waals surface area contributed by atoms with Crippen molar-refractivity contribution in [1.82, 2.24) is 15.0 Å². The summed E-state index contributed by atoms with van der Waals surface area (Å²) in [4.78, 5) is 22.4. The molecule has 0 radical (unpaired) electrons. The Morgan fingerprint density at radius 2 is 2.04 bits per heavy atom. The van der Waals surface area contributed by atoms with Gasteiger partial charge in [-0.25, -0.2) is 19.7 Å². The predicted molar refractivity (Wildman–Crippen MR) is 81.1 cm³/mol. The minimum Gasteiger partial charge on any atom is -0.478 e. The molecule has 0 saturated heterocycles. The first-order valence-corrected chi connectivity index (χ1v) is 7.55. The summed E-state index contributed by atoms with van der Waals surface area (Å²) in [6, 6.07) is 6.79. The van der Waals surface area contributed by atoms with Crippen molar-refractivity contribution >= 4 is 27.5 Å². The third-order valence-corrected chi connectivity index (χ3v) is 4.33. The van der Waals surface area contributed by atoms with Crippen LogP contribution in [-0.4, -0.2) is 26.0 Å². The lowest BCUT2D eigenvalue weighted by molar-refractivity contribution is -0.141. The monoisotopic (exact) mass is 364 g/mol. The second-order valence-electron chi connectivity index (χ2n) is 4.90. The molecule has 0 spiro atoms. The lowest BCUT2D eigenvalue weighted by Gasteiger charge is -2.08. The normalized spacial score (nSPS) is 12.7. The van der Waals surface area contributed by atoms with Crippen LogP contribution in [0.2, 0.25) is 0 Å². The molecule has 3 aromatic rings. The first-order valence-electron chi connectivity index (χ1n) is 6.73. The maximum absolute atomic E-state index is 12.8. The number of hydrogen-bond acceptors (Lipinski definition) is 6. The van der Waals surface area contributed by atoms with Crippen molar-refractivity contribution < 1.29 is 23.1 Å². The van der Waals surface area contributed by atoms with Gasteiger partial charge in [0.1, 0.15) is 10.7 Å². The van der Waals surface area contributed by atoms with Gasteiger partial charge < -0.3 is 5.11 Å². The molecule has 1 N–H and O–H groups in total. The Morgan fingerprint density at radius 3 is 2.68 bits per heavy atom. The minimum atomic E-state index is -4.65. The van der Waals surface area contributed by atoms with E-state index in [0.29, 0.717) is 10.2 Å². The second kappa shape index (κ2) is 6.10. The summed E-state index contributed by atoms with van der Waals surface area (Å²) >= 11 is 1.01. The molecule has 0 bridgehead atoms. The predicted octanol–water partition coefficient (Wildman–Crippen LogP) is 3.46. The van der Waals surface area contributed by atoms with Crippen molar-refractivity contribution in [2.45, 2.75) is 12.1 Å². The Balaban J connectivity index is 2.06. The van der Waals surface area contributed by atoms with Crippen LogP contribution in [0.4, 0.5) is 13.2 Å². The lowest BCUT2D eigenvalue weighted by atomic mass is 10.1. The number of aromatic carboxylic acids is 1. The van der Waals surface area contributed by atoms with Gasteiger partial charge >= 0.3 is 12.1 Å². The highest BCUT2D eigenvalue weighted by molar-refractivity contribution is 7.18. The van der Waals surface area contributed by atoms with Crippen LogP contribution in [0, 0.1) is 11.3 Å². The maximum Gasteiger partial charge on any atom is 0.433 e. The van der Waals surface area contributed by atoms with Crippen molar-refractivity contribution in [3.63, 3.8) is 0 Å². The molecule has 25 heavy (non-hydrogen) atoms. The highest BCUT2D eigenvalue weighted by Gasteiger charge is 2.34. The van der Waals surface area contributed by atoms with E-state index < -0.39 is 23.8 Å². The van der Waals surface area contributed by atoms with Crippen molar-refractivity contribution in [2.75, 3.05) is 0 Å². The van der Waals surface area contributed by atoms with Gasteiger partial charge in [0.05, 0.1) is 21.8 Å². The molecule has 2 heterocycles. The molecular formula is C15H7F3N4O2S. The van der Waals surface area contributed by atoms with Crippen molar-refractivity contribution in [2.24, 2.45) is 0 Å².